The Morgan fingerprint density at radius 1 is 1.00 bits per heavy atom. The predicted octanol–water partition coefficient (Wildman–Crippen LogP) is 1.84. The second-order valence-corrected chi connectivity index (χ2v) is 4.57. The van der Waals surface area contributed by atoms with Crippen LogP contribution in [0.5, 0.6) is 0 Å². The molecule has 94 valence electrons. The van der Waals surface area contributed by atoms with Crippen LogP contribution in [0.4, 0.5) is 11.9 Å². The highest BCUT2D eigenvalue weighted by Crippen LogP contribution is 2.19. The van der Waals surface area contributed by atoms with E-state index in [-0.39, 0.29) is 0 Å². The van der Waals surface area contributed by atoms with Crippen molar-refractivity contribution in [2.24, 2.45) is 0 Å². The van der Waals surface area contributed by atoms with Gasteiger partial charge in [-0.05, 0) is 31.4 Å². The highest BCUT2D eigenvalue weighted by atomic mass is 15.5. The van der Waals surface area contributed by atoms with Crippen molar-refractivity contribution in [3.63, 3.8) is 0 Å². The lowest BCUT2D eigenvalue weighted by Gasteiger charge is -2.24. The SMILES string of the molecule is Nc1nc(N2CCCCC2)nn1-c1ccccc1. The summed E-state index contributed by atoms with van der Waals surface area (Å²) >= 11 is 0. The summed E-state index contributed by atoms with van der Waals surface area (Å²) in [6, 6.07) is 9.87. The van der Waals surface area contributed by atoms with E-state index in [0.717, 1.165) is 24.7 Å². The Balaban J connectivity index is 1.91. The molecular weight excluding hydrogens is 226 g/mol. The normalized spacial score (nSPS) is 15.9. The van der Waals surface area contributed by atoms with Crippen molar-refractivity contribution in [1.29, 1.82) is 0 Å². The van der Waals surface area contributed by atoms with Crippen molar-refractivity contribution < 1.29 is 0 Å². The van der Waals surface area contributed by atoms with Gasteiger partial charge >= 0.3 is 0 Å². The first-order valence-corrected chi connectivity index (χ1v) is 6.37. The number of nitrogen functional groups attached to an aromatic ring is 1. The van der Waals surface area contributed by atoms with Gasteiger partial charge in [-0.2, -0.15) is 9.67 Å². The summed E-state index contributed by atoms with van der Waals surface area (Å²) in [7, 11) is 0. The Morgan fingerprint density at radius 2 is 1.72 bits per heavy atom. The minimum Gasteiger partial charge on any atom is -0.368 e. The summed E-state index contributed by atoms with van der Waals surface area (Å²) in [6.45, 7) is 2.05. The molecule has 0 unspecified atom stereocenters. The number of rotatable bonds is 2. The van der Waals surface area contributed by atoms with Gasteiger partial charge in [0.1, 0.15) is 0 Å². The van der Waals surface area contributed by atoms with E-state index in [2.05, 4.69) is 15.0 Å². The number of para-hydroxylation sites is 1. The molecule has 0 amide bonds. The molecule has 5 heteroatoms. The van der Waals surface area contributed by atoms with Gasteiger partial charge in [-0.15, -0.1) is 5.10 Å². The third-order valence-electron chi connectivity index (χ3n) is 3.26. The lowest BCUT2D eigenvalue weighted by molar-refractivity contribution is 0.568. The van der Waals surface area contributed by atoms with Crippen LogP contribution in [0.1, 0.15) is 19.3 Å². The van der Waals surface area contributed by atoms with Crippen molar-refractivity contribution in [1.82, 2.24) is 14.8 Å². The largest absolute Gasteiger partial charge is 0.368 e. The first-order valence-electron chi connectivity index (χ1n) is 6.37. The Labute approximate surface area is 106 Å². The summed E-state index contributed by atoms with van der Waals surface area (Å²) in [5, 5.41) is 4.51. The van der Waals surface area contributed by atoms with Crippen molar-refractivity contribution in [3.05, 3.63) is 30.3 Å². The zero-order valence-corrected chi connectivity index (χ0v) is 10.3. The maximum absolute atomic E-state index is 5.94. The molecule has 0 bridgehead atoms. The minimum atomic E-state index is 0.446. The molecule has 2 N–H and O–H groups in total. The smallest absolute Gasteiger partial charge is 0.246 e. The Bertz CT molecular complexity index is 513. The molecule has 1 aliphatic heterocycles. The summed E-state index contributed by atoms with van der Waals surface area (Å²) in [6.07, 6.45) is 3.71. The topological polar surface area (TPSA) is 60.0 Å². The van der Waals surface area contributed by atoms with Crippen LogP contribution >= 0.6 is 0 Å². The van der Waals surface area contributed by atoms with Crippen LogP contribution in [0, 0.1) is 0 Å². The van der Waals surface area contributed by atoms with Gasteiger partial charge in [0.05, 0.1) is 5.69 Å². The number of anilines is 2. The highest BCUT2D eigenvalue weighted by Gasteiger charge is 2.17. The first kappa shape index (κ1) is 11.1. The monoisotopic (exact) mass is 243 g/mol. The quantitative estimate of drug-likeness (QED) is 0.874. The zero-order valence-electron chi connectivity index (χ0n) is 10.3. The molecule has 0 saturated carbocycles. The first-order chi connectivity index (χ1) is 8.84. The lowest BCUT2D eigenvalue weighted by Crippen LogP contribution is -2.30. The average molecular weight is 243 g/mol. The molecule has 3 rings (SSSR count). The number of benzene rings is 1. The number of nitrogens with zero attached hydrogens (tertiary/aromatic N) is 4. The van der Waals surface area contributed by atoms with Gasteiger partial charge in [-0.1, -0.05) is 18.2 Å². The second kappa shape index (κ2) is 4.68. The molecular formula is C13H17N5. The highest BCUT2D eigenvalue weighted by molar-refractivity contribution is 5.43. The molecule has 5 nitrogen and oxygen atoms in total. The van der Waals surface area contributed by atoms with Gasteiger partial charge in [0.15, 0.2) is 0 Å². The molecule has 0 aliphatic carbocycles. The molecule has 0 atom stereocenters. The Kier molecular flexibility index (Phi) is 2.88. The Morgan fingerprint density at radius 3 is 2.44 bits per heavy atom. The number of hydrogen-bond donors (Lipinski definition) is 1. The number of nitrogens with two attached hydrogens (primary N) is 1. The van der Waals surface area contributed by atoms with E-state index in [1.165, 1.54) is 19.3 Å². The molecule has 1 fully saturated rings. The molecule has 1 aromatic carbocycles. The maximum Gasteiger partial charge on any atom is 0.246 e. The van der Waals surface area contributed by atoms with Crippen LogP contribution in [0.2, 0.25) is 0 Å². The van der Waals surface area contributed by atoms with Crippen LogP contribution in [0.3, 0.4) is 0 Å². The number of piperidine rings is 1. The molecule has 1 aromatic heterocycles. The van der Waals surface area contributed by atoms with Crippen LogP contribution in [-0.2, 0) is 0 Å². The summed E-state index contributed by atoms with van der Waals surface area (Å²) in [4.78, 5) is 6.57. The van der Waals surface area contributed by atoms with Crippen LogP contribution in [0.25, 0.3) is 5.69 Å². The van der Waals surface area contributed by atoms with E-state index in [0.29, 0.717) is 5.95 Å². The molecule has 2 aromatic rings. The van der Waals surface area contributed by atoms with Gasteiger partial charge < -0.3 is 10.6 Å². The van der Waals surface area contributed by atoms with Crippen molar-refractivity contribution in [2.75, 3.05) is 23.7 Å². The van der Waals surface area contributed by atoms with Crippen molar-refractivity contribution in [3.8, 4) is 5.69 Å². The fourth-order valence-electron chi connectivity index (χ4n) is 2.30. The van der Waals surface area contributed by atoms with E-state index in [9.17, 15) is 0 Å². The van der Waals surface area contributed by atoms with Crippen molar-refractivity contribution >= 4 is 11.9 Å². The fourth-order valence-corrected chi connectivity index (χ4v) is 2.30. The van der Waals surface area contributed by atoms with Crippen LogP contribution < -0.4 is 10.6 Å². The van der Waals surface area contributed by atoms with Crippen molar-refractivity contribution in [2.45, 2.75) is 19.3 Å². The number of hydrogen-bond acceptors (Lipinski definition) is 4. The lowest BCUT2D eigenvalue weighted by atomic mass is 10.1. The molecule has 0 spiro atoms. The van der Waals surface area contributed by atoms with Gasteiger partial charge in [0, 0.05) is 13.1 Å². The summed E-state index contributed by atoms with van der Waals surface area (Å²) in [5.74, 6) is 1.19. The number of aromatic nitrogens is 3. The molecule has 0 radical (unpaired) electrons. The summed E-state index contributed by atoms with van der Waals surface area (Å²) in [5.41, 5.74) is 6.89. The zero-order chi connectivity index (χ0) is 12.4. The van der Waals surface area contributed by atoms with Gasteiger partial charge in [-0.25, -0.2) is 0 Å². The minimum absolute atomic E-state index is 0.446. The molecule has 2 heterocycles. The maximum atomic E-state index is 5.94. The van der Waals surface area contributed by atoms with E-state index >= 15 is 0 Å². The average Bonchev–Trinajstić information content (AvgIpc) is 2.83. The van der Waals surface area contributed by atoms with Crippen LogP contribution in [0.15, 0.2) is 30.3 Å². The fraction of sp³-hybridized carbons (Fsp3) is 0.385. The van der Waals surface area contributed by atoms with Gasteiger partial charge in [0.25, 0.3) is 0 Å². The predicted molar refractivity (Wildman–Crippen MR) is 71.8 cm³/mol. The standard InChI is InChI=1S/C13H17N5/c14-12-15-13(17-9-5-2-6-10-17)16-18(12)11-7-3-1-4-8-11/h1,3-4,7-8H,2,5-6,9-10H2,(H2,14,15,16). The second-order valence-electron chi connectivity index (χ2n) is 4.57. The third-order valence-corrected chi connectivity index (χ3v) is 3.26. The molecule has 18 heavy (non-hydrogen) atoms. The Hall–Kier alpha value is -2.04. The van der Waals surface area contributed by atoms with Crippen LogP contribution in [-0.4, -0.2) is 27.9 Å². The van der Waals surface area contributed by atoms with E-state index < -0.39 is 0 Å². The van der Waals surface area contributed by atoms with E-state index in [1.54, 1.807) is 4.68 Å². The van der Waals surface area contributed by atoms with Gasteiger partial charge in [0.2, 0.25) is 11.9 Å². The van der Waals surface area contributed by atoms with E-state index in [4.69, 9.17) is 5.73 Å². The summed E-state index contributed by atoms with van der Waals surface area (Å²) < 4.78 is 1.70. The van der Waals surface area contributed by atoms with Gasteiger partial charge in [-0.3, -0.25) is 0 Å². The van der Waals surface area contributed by atoms with E-state index in [1.807, 2.05) is 30.3 Å². The third kappa shape index (κ3) is 2.03. The molecule has 1 saturated heterocycles. The molecule has 1 aliphatic rings.